The van der Waals surface area contributed by atoms with Gasteiger partial charge in [0.15, 0.2) is 0 Å². The number of primary amides is 1. The van der Waals surface area contributed by atoms with Crippen molar-refractivity contribution in [1.82, 2.24) is 4.57 Å². The fourth-order valence-corrected chi connectivity index (χ4v) is 1.15. The Morgan fingerprint density at radius 2 is 2.36 bits per heavy atom. The van der Waals surface area contributed by atoms with E-state index in [-0.39, 0.29) is 0 Å². The van der Waals surface area contributed by atoms with Crippen molar-refractivity contribution in [2.24, 2.45) is 17.8 Å². The van der Waals surface area contributed by atoms with Crippen molar-refractivity contribution in [3.63, 3.8) is 0 Å². The molecule has 1 rings (SSSR count). The number of amides is 1. The van der Waals surface area contributed by atoms with Gasteiger partial charge >= 0.3 is 0 Å². The second kappa shape index (κ2) is 4.81. The Balaban J connectivity index is 3.07. The zero-order valence-electron chi connectivity index (χ0n) is 7.90. The van der Waals surface area contributed by atoms with Crippen LogP contribution >= 0.6 is 11.6 Å². The predicted octanol–water partition coefficient (Wildman–Crippen LogP) is 0.263. The third-order valence-corrected chi connectivity index (χ3v) is 1.92. The lowest BCUT2D eigenvalue weighted by atomic mass is 10.3. The van der Waals surface area contributed by atoms with E-state index in [1.807, 2.05) is 0 Å². The number of carbonyl (C=O) groups excluding carboxylic acids is 1. The smallest absolute Gasteiger partial charge is 0.250 e. The highest BCUT2D eigenvalue weighted by Gasteiger charge is 1.99. The van der Waals surface area contributed by atoms with Crippen molar-refractivity contribution >= 4 is 17.5 Å². The summed E-state index contributed by atoms with van der Waals surface area (Å²) in [7, 11) is 1.81. The van der Waals surface area contributed by atoms with Crippen molar-refractivity contribution < 1.29 is 4.79 Å². The molecule has 2 N–H and O–H groups in total. The molecule has 0 aliphatic carbocycles. The highest BCUT2D eigenvalue weighted by Crippen LogP contribution is 1.92. The number of nitrogens with two attached hydrogens (primary N) is 1. The second-order valence-electron chi connectivity index (χ2n) is 2.82. The third kappa shape index (κ3) is 2.60. The molecule has 4 nitrogen and oxygen atoms in total. The topological polar surface area (TPSA) is 60.4 Å². The molecule has 0 fully saturated rings. The summed E-state index contributed by atoms with van der Waals surface area (Å²) in [6, 6.07) is 3.39. The van der Waals surface area contributed by atoms with Gasteiger partial charge in [0.05, 0.1) is 12.1 Å². The first-order valence-corrected chi connectivity index (χ1v) is 4.71. The van der Waals surface area contributed by atoms with Crippen LogP contribution < -0.4 is 11.2 Å². The molecule has 0 aliphatic rings. The standard InChI is InChI=1S/C9H12ClN3O/c1-13-6-7(9(11)14)2-3-8(13)12-5-4-10/h2-3,6H,4-5H2,1H3,(H2,11,14). The van der Waals surface area contributed by atoms with Crippen molar-refractivity contribution in [2.45, 2.75) is 0 Å². The van der Waals surface area contributed by atoms with Crippen molar-refractivity contribution in [3.8, 4) is 0 Å². The van der Waals surface area contributed by atoms with Gasteiger partial charge in [0.25, 0.3) is 0 Å². The Bertz CT molecular complexity index is 397. The Kier molecular flexibility index (Phi) is 3.71. The highest BCUT2D eigenvalue weighted by atomic mass is 35.5. The minimum absolute atomic E-state index is 0.440. The van der Waals surface area contributed by atoms with E-state index >= 15 is 0 Å². The molecule has 1 amide bonds. The summed E-state index contributed by atoms with van der Waals surface area (Å²) in [6.07, 6.45) is 1.65. The van der Waals surface area contributed by atoms with Crippen LogP contribution in [0.4, 0.5) is 0 Å². The molecular weight excluding hydrogens is 202 g/mol. The largest absolute Gasteiger partial charge is 0.366 e. The summed E-state index contributed by atoms with van der Waals surface area (Å²) in [6.45, 7) is 0.561. The average Bonchev–Trinajstić information content (AvgIpc) is 2.15. The van der Waals surface area contributed by atoms with Gasteiger partial charge in [-0.15, -0.1) is 11.6 Å². The van der Waals surface area contributed by atoms with E-state index in [2.05, 4.69) is 4.99 Å². The quantitative estimate of drug-likeness (QED) is 0.720. The van der Waals surface area contributed by atoms with Crippen LogP contribution in [-0.4, -0.2) is 22.9 Å². The number of pyridine rings is 1. The predicted molar refractivity (Wildman–Crippen MR) is 55.1 cm³/mol. The number of hydrogen-bond acceptors (Lipinski definition) is 2. The molecule has 0 unspecified atom stereocenters. The maximum absolute atomic E-state index is 10.8. The summed E-state index contributed by atoms with van der Waals surface area (Å²) in [5, 5.41) is 0. The van der Waals surface area contributed by atoms with Gasteiger partial charge in [0.1, 0.15) is 5.49 Å². The number of alkyl halides is 1. The Hall–Kier alpha value is -1.29. The van der Waals surface area contributed by atoms with Gasteiger partial charge in [-0.05, 0) is 12.1 Å². The average molecular weight is 214 g/mol. The van der Waals surface area contributed by atoms with Crippen LogP contribution in [0.15, 0.2) is 23.3 Å². The monoisotopic (exact) mass is 213 g/mol. The minimum Gasteiger partial charge on any atom is -0.366 e. The normalized spacial score (nSPS) is 11.7. The summed E-state index contributed by atoms with van der Waals surface area (Å²) < 4.78 is 1.74. The SMILES string of the molecule is Cn1cc(C(N)=O)ccc1=NCCCl. The Labute approximate surface area is 87.0 Å². The third-order valence-electron chi connectivity index (χ3n) is 1.75. The molecule has 1 aromatic heterocycles. The van der Waals surface area contributed by atoms with Crippen LogP contribution in [0.3, 0.4) is 0 Å². The van der Waals surface area contributed by atoms with E-state index in [1.54, 1.807) is 29.9 Å². The number of hydrogen-bond donors (Lipinski definition) is 1. The molecule has 1 heterocycles. The summed E-state index contributed by atoms with van der Waals surface area (Å²) in [4.78, 5) is 15.0. The van der Waals surface area contributed by atoms with Gasteiger partial charge in [0.2, 0.25) is 5.91 Å². The van der Waals surface area contributed by atoms with Gasteiger partial charge in [0, 0.05) is 19.1 Å². The van der Waals surface area contributed by atoms with Crippen LogP contribution in [0.25, 0.3) is 0 Å². The zero-order valence-corrected chi connectivity index (χ0v) is 8.66. The molecule has 1 aromatic rings. The number of nitrogens with zero attached hydrogens (tertiary/aromatic N) is 2. The van der Waals surface area contributed by atoms with Gasteiger partial charge < -0.3 is 10.3 Å². The zero-order chi connectivity index (χ0) is 10.6. The summed E-state index contributed by atoms with van der Waals surface area (Å²) in [5.74, 6) is 0.0434. The summed E-state index contributed by atoms with van der Waals surface area (Å²) in [5.41, 5.74) is 6.37. The number of carbonyl (C=O) groups is 1. The van der Waals surface area contributed by atoms with E-state index in [9.17, 15) is 4.79 Å². The first kappa shape index (κ1) is 10.8. The van der Waals surface area contributed by atoms with Gasteiger partial charge in [-0.3, -0.25) is 9.79 Å². The molecule has 0 aromatic carbocycles. The van der Waals surface area contributed by atoms with Gasteiger partial charge in [-0.2, -0.15) is 0 Å². The van der Waals surface area contributed by atoms with Crippen LogP contribution in [0.5, 0.6) is 0 Å². The van der Waals surface area contributed by atoms with E-state index in [4.69, 9.17) is 17.3 Å². The number of halogens is 1. The molecule has 0 spiro atoms. The van der Waals surface area contributed by atoms with Crippen LogP contribution in [0.2, 0.25) is 0 Å². The number of rotatable bonds is 3. The van der Waals surface area contributed by atoms with Crippen LogP contribution in [0, 0.1) is 0 Å². The Morgan fingerprint density at radius 3 is 2.86 bits per heavy atom. The minimum atomic E-state index is -0.440. The first-order valence-electron chi connectivity index (χ1n) is 4.18. The lowest BCUT2D eigenvalue weighted by Gasteiger charge is -2.01. The summed E-state index contributed by atoms with van der Waals surface area (Å²) >= 11 is 5.51. The fourth-order valence-electron chi connectivity index (χ4n) is 1.07. The second-order valence-corrected chi connectivity index (χ2v) is 3.20. The maximum atomic E-state index is 10.8. The first-order chi connectivity index (χ1) is 6.65. The van der Waals surface area contributed by atoms with E-state index < -0.39 is 5.91 Å². The van der Waals surface area contributed by atoms with Crippen molar-refractivity contribution in [2.75, 3.05) is 12.4 Å². The van der Waals surface area contributed by atoms with E-state index in [0.717, 1.165) is 5.49 Å². The van der Waals surface area contributed by atoms with Crippen molar-refractivity contribution in [3.05, 3.63) is 29.4 Å². The molecule has 0 bridgehead atoms. The lowest BCUT2D eigenvalue weighted by Crippen LogP contribution is -2.21. The van der Waals surface area contributed by atoms with E-state index in [1.165, 1.54) is 0 Å². The van der Waals surface area contributed by atoms with Crippen molar-refractivity contribution in [1.29, 1.82) is 0 Å². The van der Waals surface area contributed by atoms with Crippen LogP contribution in [-0.2, 0) is 7.05 Å². The Morgan fingerprint density at radius 1 is 1.64 bits per heavy atom. The molecule has 0 saturated heterocycles. The van der Waals surface area contributed by atoms with Gasteiger partial charge in [-0.25, -0.2) is 0 Å². The highest BCUT2D eigenvalue weighted by molar-refractivity contribution is 6.18. The van der Waals surface area contributed by atoms with Crippen LogP contribution in [0.1, 0.15) is 10.4 Å². The molecule has 5 heteroatoms. The molecule has 0 radical (unpaired) electrons. The lowest BCUT2D eigenvalue weighted by molar-refractivity contribution is 0.0999. The van der Waals surface area contributed by atoms with Gasteiger partial charge in [-0.1, -0.05) is 0 Å². The molecule has 0 aliphatic heterocycles. The molecular formula is C9H12ClN3O. The molecule has 0 atom stereocenters. The van der Waals surface area contributed by atoms with E-state index in [0.29, 0.717) is 18.0 Å². The molecule has 14 heavy (non-hydrogen) atoms. The maximum Gasteiger partial charge on any atom is 0.250 e. The molecule has 0 saturated carbocycles. The number of aryl methyl sites for hydroxylation is 1. The number of aromatic nitrogens is 1. The fraction of sp³-hybridized carbons (Fsp3) is 0.333. The molecule has 76 valence electrons.